The number of halogens is 1. The maximum absolute atomic E-state index is 15.8. The summed E-state index contributed by atoms with van der Waals surface area (Å²) in [6, 6.07) is 0.241. The predicted octanol–water partition coefficient (Wildman–Crippen LogP) is -0.556. The fraction of sp³-hybridized carbons (Fsp3) is 0.533. The minimum absolute atomic E-state index is 0.0860. The van der Waals surface area contributed by atoms with Crippen molar-refractivity contribution in [2.24, 2.45) is 0 Å². The highest BCUT2D eigenvalue weighted by atomic mass is 31.2. The maximum atomic E-state index is 15.8. The van der Waals surface area contributed by atoms with Crippen LogP contribution in [0.2, 0.25) is 0 Å². The fourth-order valence-corrected chi connectivity index (χ4v) is 4.26. The average Bonchev–Trinajstić information content (AvgIpc) is 3.46. The van der Waals surface area contributed by atoms with Crippen LogP contribution < -0.4 is 11.1 Å². The number of nitrogens with two attached hydrogens (primary N) is 1. The largest absolute Gasteiger partial charge is 0.470 e. The number of aromatic nitrogens is 4. The van der Waals surface area contributed by atoms with Crippen molar-refractivity contribution in [3.05, 3.63) is 6.33 Å². The van der Waals surface area contributed by atoms with E-state index in [-0.39, 0.29) is 17.6 Å². The Bertz CT molecular complexity index is 1110. The number of nitrogens with one attached hydrogen (secondary N) is 1. The number of alkyl halides is 1. The number of imidazole rings is 1. The molecule has 2 saturated carbocycles. The van der Waals surface area contributed by atoms with Crippen LogP contribution in [0.5, 0.6) is 0 Å². The van der Waals surface area contributed by atoms with E-state index in [1.807, 2.05) is 5.92 Å². The van der Waals surface area contributed by atoms with Crippen molar-refractivity contribution in [1.29, 1.82) is 0 Å². The summed E-state index contributed by atoms with van der Waals surface area (Å²) in [6.45, 7) is 0. The van der Waals surface area contributed by atoms with Gasteiger partial charge in [-0.1, -0.05) is 5.92 Å². The number of aliphatic hydroxyl groups is 1. The number of phosphoric acid groups is 1. The van der Waals surface area contributed by atoms with E-state index in [1.165, 1.54) is 10.9 Å². The third-order valence-electron chi connectivity index (χ3n) is 5.30. The van der Waals surface area contributed by atoms with Crippen molar-refractivity contribution in [3.8, 4) is 12.3 Å². The summed E-state index contributed by atoms with van der Waals surface area (Å²) in [5.41, 5.74) is 0.875. The molecule has 5 atom stereocenters. The Balaban J connectivity index is 1.54. The zero-order valence-corrected chi connectivity index (χ0v) is 15.5. The Morgan fingerprint density at radius 1 is 1.48 bits per heavy atom. The molecule has 0 spiro atoms. The third-order valence-corrected chi connectivity index (χ3v) is 5.80. The van der Waals surface area contributed by atoms with Gasteiger partial charge in [-0.05, 0) is 12.8 Å². The van der Waals surface area contributed by atoms with Crippen LogP contribution in [0, 0.1) is 12.3 Å². The van der Waals surface area contributed by atoms with Gasteiger partial charge in [0.1, 0.15) is 12.2 Å². The van der Waals surface area contributed by atoms with E-state index < -0.39 is 37.5 Å². The van der Waals surface area contributed by atoms with Gasteiger partial charge in [-0.15, -0.1) is 6.42 Å². The number of nitrogen functional groups attached to an aromatic ring is 1. The molecule has 154 valence electrons. The van der Waals surface area contributed by atoms with E-state index in [2.05, 4.69) is 24.8 Å². The van der Waals surface area contributed by atoms with Gasteiger partial charge >= 0.3 is 7.82 Å². The van der Waals surface area contributed by atoms with Gasteiger partial charge in [0.25, 0.3) is 0 Å². The SMILES string of the molecule is C#C[C@]1(F)[C@H](n2cnc3c(NC4CC4)nc(N)nc32)O[C@@H]2C(OP(=O)(O)O)[C@@]21O. The van der Waals surface area contributed by atoms with E-state index in [4.69, 9.17) is 26.7 Å². The molecule has 3 fully saturated rings. The second kappa shape index (κ2) is 5.63. The van der Waals surface area contributed by atoms with E-state index in [0.29, 0.717) is 11.3 Å². The molecular weight excluding hydrogens is 410 g/mol. The molecule has 12 nitrogen and oxygen atoms in total. The lowest BCUT2D eigenvalue weighted by molar-refractivity contribution is -0.0924. The van der Waals surface area contributed by atoms with E-state index in [0.717, 1.165) is 12.8 Å². The maximum Gasteiger partial charge on any atom is 0.470 e. The van der Waals surface area contributed by atoms with Gasteiger partial charge in [0.05, 0.1) is 6.33 Å². The number of terminal acetylenes is 1. The number of phosphoric ester groups is 1. The summed E-state index contributed by atoms with van der Waals surface area (Å²) >= 11 is 0. The number of hydrogen-bond donors (Lipinski definition) is 5. The van der Waals surface area contributed by atoms with Crippen LogP contribution in [-0.2, 0) is 13.8 Å². The molecule has 3 heterocycles. The molecule has 1 aliphatic heterocycles. The van der Waals surface area contributed by atoms with E-state index in [9.17, 15) is 9.67 Å². The van der Waals surface area contributed by atoms with Crippen LogP contribution in [0.1, 0.15) is 19.1 Å². The van der Waals surface area contributed by atoms with Crippen molar-refractivity contribution in [2.45, 2.75) is 48.6 Å². The first kappa shape index (κ1) is 18.7. The van der Waals surface area contributed by atoms with Crippen LogP contribution in [0.15, 0.2) is 6.33 Å². The topological polar surface area (TPSA) is 178 Å². The van der Waals surface area contributed by atoms with Crippen molar-refractivity contribution >= 4 is 30.8 Å². The molecule has 1 saturated heterocycles. The Morgan fingerprint density at radius 2 is 2.21 bits per heavy atom. The van der Waals surface area contributed by atoms with Crippen LogP contribution in [0.3, 0.4) is 0 Å². The second-order valence-corrected chi connectivity index (χ2v) is 8.47. The van der Waals surface area contributed by atoms with Crippen molar-refractivity contribution in [1.82, 2.24) is 19.5 Å². The Kier molecular flexibility index (Phi) is 3.63. The zero-order chi connectivity index (χ0) is 20.8. The summed E-state index contributed by atoms with van der Waals surface area (Å²) in [6.07, 6.45) is 3.93. The first-order valence-electron chi connectivity index (χ1n) is 8.63. The van der Waals surface area contributed by atoms with Crippen molar-refractivity contribution < 1.29 is 33.1 Å². The highest BCUT2D eigenvalue weighted by molar-refractivity contribution is 7.46. The molecule has 2 aromatic heterocycles. The Morgan fingerprint density at radius 3 is 2.83 bits per heavy atom. The van der Waals surface area contributed by atoms with Gasteiger partial charge in [-0.25, -0.2) is 13.9 Å². The summed E-state index contributed by atoms with van der Waals surface area (Å²) in [7, 11) is -5.00. The molecule has 2 aromatic rings. The number of hydrogen-bond acceptors (Lipinski definition) is 9. The number of anilines is 2. The monoisotopic (exact) mass is 426 g/mol. The van der Waals surface area contributed by atoms with Gasteiger partial charge in [0.2, 0.25) is 11.6 Å². The smallest absolute Gasteiger partial charge is 0.380 e. The Hall–Kier alpha value is -2.33. The molecule has 14 heteroatoms. The molecule has 1 unspecified atom stereocenters. The molecule has 3 aliphatic rings. The molecular formula is C15H16FN6O6P. The molecule has 0 bridgehead atoms. The van der Waals surface area contributed by atoms with Gasteiger partial charge in [0, 0.05) is 6.04 Å². The quantitative estimate of drug-likeness (QED) is 0.306. The minimum atomic E-state index is -5.00. The lowest BCUT2D eigenvalue weighted by Crippen LogP contribution is -2.46. The molecule has 0 amide bonds. The number of fused-ring (bicyclic) bond motifs is 2. The third kappa shape index (κ3) is 2.58. The number of rotatable bonds is 5. The zero-order valence-electron chi connectivity index (χ0n) is 14.6. The van der Waals surface area contributed by atoms with Crippen LogP contribution in [0.25, 0.3) is 11.2 Å². The normalized spacial score (nSPS) is 36.0. The first-order chi connectivity index (χ1) is 13.6. The first-order valence-corrected chi connectivity index (χ1v) is 10.2. The summed E-state index contributed by atoms with van der Waals surface area (Å²) in [5, 5.41) is 13.8. The van der Waals surface area contributed by atoms with Crippen LogP contribution in [0.4, 0.5) is 16.2 Å². The van der Waals surface area contributed by atoms with Crippen LogP contribution >= 0.6 is 7.82 Å². The Labute approximate surface area is 162 Å². The molecule has 6 N–H and O–H groups in total. The molecule has 2 aliphatic carbocycles. The fourth-order valence-electron chi connectivity index (χ4n) is 3.69. The van der Waals surface area contributed by atoms with Gasteiger partial charge in [-0.2, -0.15) is 9.97 Å². The average molecular weight is 426 g/mol. The molecule has 5 rings (SSSR count). The van der Waals surface area contributed by atoms with Crippen molar-refractivity contribution in [3.63, 3.8) is 0 Å². The van der Waals surface area contributed by atoms with E-state index in [1.54, 1.807) is 0 Å². The molecule has 0 radical (unpaired) electrons. The highest BCUT2D eigenvalue weighted by Gasteiger charge is 2.86. The number of nitrogens with zero attached hydrogens (tertiary/aromatic N) is 4. The lowest BCUT2D eigenvalue weighted by Gasteiger charge is -2.29. The van der Waals surface area contributed by atoms with Crippen LogP contribution in [-0.4, -0.2) is 63.9 Å². The van der Waals surface area contributed by atoms with E-state index >= 15 is 4.39 Å². The molecule has 0 aromatic carbocycles. The summed E-state index contributed by atoms with van der Waals surface area (Å²) < 4.78 is 38.0. The lowest BCUT2D eigenvalue weighted by atomic mass is 9.96. The predicted molar refractivity (Wildman–Crippen MR) is 94.8 cm³/mol. The minimum Gasteiger partial charge on any atom is -0.380 e. The standard InChI is InChI=1S/C15H16FN6O6P/c1-2-14(16)12(27-8-9(15(8,14)23)28-29(24,25)26)22-5-18-7-10(19-6-3-4-6)20-13(17)21-11(7)22/h1,5-6,8-9,12,23H,3-4H2,(H2,24,25,26)(H3,17,19,20,21)/t8-,9?,12-,14+,15+/m1/s1. The summed E-state index contributed by atoms with van der Waals surface area (Å²) in [4.78, 5) is 30.3. The number of ether oxygens (including phenoxy) is 1. The van der Waals surface area contributed by atoms with Gasteiger partial charge in [0.15, 0.2) is 28.8 Å². The highest BCUT2D eigenvalue weighted by Crippen LogP contribution is 2.65. The van der Waals surface area contributed by atoms with Gasteiger partial charge in [-0.3, -0.25) is 9.09 Å². The second-order valence-electron chi connectivity index (χ2n) is 7.28. The molecule has 29 heavy (non-hydrogen) atoms. The summed E-state index contributed by atoms with van der Waals surface area (Å²) in [5.74, 6) is 2.14. The van der Waals surface area contributed by atoms with Gasteiger partial charge < -0.3 is 30.7 Å². The van der Waals surface area contributed by atoms with Crippen molar-refractivity contribution in [2.75, 3.05) is 11.1 Å².